The van der Waals surface area contributed by atoms with E-state index >= 15 is 0 Å². The van der Waals surface area contributed by atoms with Gasteiger partial charge in [-0.05, 0) is 91.7 Å². The van der Waals surface area contributed by atoms with Crippen molar-refractivity contribution in [2.75, 3.05) is 4.90 Å². The highest BCUT2D eigenvalue weighted by molar-refractivity contribution is 7.27. The van der Waals surface area contributed by atoms with Gasteiger partial charge in [0.2, 0.25) is 0 Å². The summed E-state index contributed by atoms with van der Waals surface area (Å²) >= 11 is 3.78. The monoisotopic (exact) mass is 823 g/mol. The molecular formula is C59H37NS2. The predicted octanol–water partition coefficient (Wildman–Crippen LogP) is 17.1. The first-order valence-corrected chi connectivity index (χ1v) is 22.9. The van der Waals surface area contributed by atoms with Gasteiger partial charge in [0.05, 0.1) is 21.5 Å². The van der Waals surface area contributed by atoms with Crippen molar-refractivity contribution in [1.29, 1.82) is 0 Å². The normalized spacial score (nSPS) is 13.0. The van der Waals surface area contributed by atoms with E-state index in [4.69, 9.17) is 0 Å². The molecule has 1 nitrogen and oxygen atoms in total. The number of fused-ring (bicyclic) bond motifs is 11. The molecule has 10 aromatic carbocycles. The molecule has 0 spiro atoms. The molecule has 0 bridgehead atoms. The molecular weight excluding hydrogens is 787 g/mol. The minimum Gasteiger partial charge on any atom is -0.308 e. The van der Waals surface area contributed by atoms with Crippen molar-refractivity contribution in [2.24, 2.45) is 0 Å². The zero-order valence-corrected chi connectivity index (χ0v) is 35.3. The molecule has 12 aromatic rings. The van der Waals surface area contributed by atoms with Crippen LogP contribution in [0.15, 0.2) is 224 Å². The van der Waals surface area contributed by atoms with E-state index < -0.39 is 5.41 Å². The van der Waals surface area contributed by atoms with E-state index in [1.165, 1.54) is 107 Å². The fourth-order valence-corrected chi connectivity index (χ4v) is 13.0. The van der Waals surface area contributed by atoms with Gasteiger partial charge in [0, 0.05) is 41.3 Å². The van der Waals surface area contributed by atoms with Crippen LogP contribution in [0.2, 0.25) is 0 Å². The molecule has 290 valence electrons. The van der Waals surface area contributed by atoms with Crippen LogP contribution in [0.3, 0.4) is 0 Å². The molecule has 0 aliphatic heterocycles. The molecule has 1 aliphatic carbocycles. The number of hydrogen-bond acceptors (Lipinski definition) is 3. The van der Waals surface area contributed by atoms with Gasteiger partial charge >= 0.3 is 0 Å². The number of thiophene rings is 2. The summed E-state index contributed by atoms with van der Waals surface area (Å²) in [5, 5.41) is 7.75. The Bertz CT molecular complexity index is 3650. The third-order valence-corrected chi connectivity index (χ3v) is 15.6. The zero-order valence-electron chi connectivity index (χ0n) is 33.6. The van der Waals surface area contributed by atoms with Crippen molar-refractivity contribution in [1.82, 2.24) is 0 Å². The van der Waals surface area contributed by atoms with E-state index in [0.717, 1.165) is 5.69 Å². The first-order chi connectivity index (χ1) is 30.8. The Kier molecular flexibility index (Phi) is 7.93. The predicted molar refractivity (Wildman–Crippen MR) is 267 cm³/mol. The highest BCUT2D eigenvalue weighted by atomic mass is 32.1. The smallest absolute Gasteiger partial charge is 0.0713 e. The average Bonchev–Trinajstić information content (AvgIpc) is 4.02. The largest absolute Gasteiger partial charge is 0.308 e. The Morgan fingerprint density at radius 3 is 1.77 bits per heavy atom. The zero-order chi connectivity index (χ0) is 40.8. The van der Waals surface area contributed by atoms with Crippen LogP contribution in [0, 0.1) is 0 Å². The van der Waals surface area contributed by atoms with Gasteiger partial charge in [-0.2, -0.15) is 0 Å². The number of hydrogen-bond donors (Lipinski definition) is 0. The second-order valence-electron chi connectivity index (χ2n) is 16.3. The quantitative estimate of drug-likeness (QED) is 0.161. The Morgan fingerprint density at radius 1 is 0.355 bits per heavy atom. The van der Waals surface area contributed by atoms with Crippen LogP contribution in [0.25, 0.3) is 73.4 Å². The number of nitrogens with zero attached hydrogens (tertiary/aromatic N) is 1. The summed E-state index contributed by atoms with van der Waals surface area (Å²) in [5.74, 6) is 0. The molecule has 0 amide bonds. The third-order valence-electron chi connectivity index (χ3n) is 13.1. The van der Waals surface area contributed by atoms with E-state index in [9.17, 15) is 0 Å². The van der Waals surface area contributed by atoms with E-state index in [0.29, 0.717) is 0 Å². The maximum Gasteiger partial charge on any atom is 0.0713 e. The molecule has 0 atom stereocenters. The lowest BCUT2D eigenvalue weighted by atomic mass is 9.67. The molecule has 0 saturated carbocycles. The van der Waals surface area contributed by atoms with Crippen LogP contribution >= 0.6 is 22.7 Å². The van der Waals surface area contributed by atoms with Crippen molar-refractivity contribution in [2.45, 2.75) is 5.41 Å². The second-order valence-corrected chi connectivity index (χ2v) is 18.4. The number of anilines is 3. The Balaban J connectivity index is 1.03. The highest BCUT2D eigenvalue weighted by Crippen LogP contribution is 2.58. The topological polar surface area (TPSA) is 3.24 Å². The summed E-state index contributed by atoms with van der Waals surface area (Å²) in [5.41, 5.74) is 13.3. The van der Waals surface area contributed by atoms with Gasteiger partial charge in [-0.1, -0.05) is 188 Å². The molecule has 3 heteroatoms. The highest BCUT2D eigenvalue weighted by Gasteiger charge is 2.46. The lowest BCUT2D eigenvalue weighted by molar-refractivity contribution is 0.768. The lowest BCUT2D eigenvalue weighted by Gasteiger charge is -2.34. The fraction of sp³-hybridized carbons (Fsp3) is 0.0169. The van der Waals surface area contributed by atoms with Gasteiger partial charge in [-0.3, -0.25) is 0 Å². The molecule has 2 aromatic heterocycles. The Hall–Kier alpha value is -7.30. The van der Waals surface area contributed by atoms with Crippen LogP contribution in [0.1, 0.15) is 22.3 Å². The van der Waals surface area contributed by atoms with Gasteiger partial charge in [0.1, 0.15) is 0 Å². The minimum atomic E-state index is -0.447. The van der Waals surface area contributed by atoms with Gasteiger partial charge in [-0.25, -0.2) is 0 Å². The fourth-order valence-electron chi connectivity index (χ4n) is 10.6. The Labute approximate surface area is 368 Å². The summed E-state index contributed by atoms with van der Waals surface area (Å²) in [6.45, 7) is 0. The van der Waals surface area contributed by atoms with E-state index in [1.807, 2.05) is 22.7 Å². The van der Waals surface area contributed by atoms with Crippen LogP contribution in [0.4, 0.5) is 17.1 Å². The van der Waals surface area contributed by atoms with Gasteiger partial charge < -0.3 is 4.90 Å². The molecule has 0 N–H and O–H groups in total. The second kappa shape index (κ2) is 13.9. The third kappa shape index (κ3) is 5.07. The SMILES string of the molecule is c1ccc(C2(c3ccccc3)c3ccccc3-c3c(-c4ccc(N(c5cccc6c5sc5c7ccccc7ccc65)c5cccc6sc7ccccc7c56)cc4)cccc32)cc1. The molecule has 13 rings (SSSR count). The number of benzene rings is 10. The van der Waals surface area contributed by atoms with Crippen LogP contribution in [0.5, 0.6) is 0 Å². The van der Waals surface area contributed by atoms with Crippen molar-refractivity contribution in [3.63, 3.8) is 0 Å². The van der Waals surface area contributed by atoms with E-state index in [2.05, 4.69) is 229 Å². The molecule has 0 fully saturated rings. The average molecular weight is 824 g/mol. The standard InChI is InChI=1S/C59H37NS2/c1-3-17-40(18-4-1)59(41-19-5-2-6-20-41)49-26-11-9-22-47(49)55-43(24-13-27-50(55)59)39-32-35-42(36-33-39)60(51-28-15-31-54-56(51)48-23-10-12-30-53(48)61-54)52-29-14-25-45-46-37-34-38-16-7-8-21-44(38)57(46)62-58(45)52/h1-37H. The molecule has 62 heavy (non-hydrogen) atoms. The molecule has 0 radical (unpaired) electrons. The van der Waals surface area contributed by atoms with Crippen molar-refractivity contribution < 1.29 is 0 Å². The minimum absolute atomic E-state index is 0.447. The summed E-state index contributed by atoms with van der Waals surface area (Å²) in [7, 11) is 0. The van der Waals surface area contributed by atoms with Crippen LogP contribution < -0.4 is 4.90 Å². The van der Waals surface area contributed by atoms with E-state index in [-0.39, 0.29) is 0 Å². The lowest BCUT2D eigenvalue weighted by Crippen LogP contribution is -2.28. The van der Waals surface area contributed by atoms with Gasteiger partial charge in [0.25, 0.3) is 0 Å². The maximum atomic E-state index is 2.52. The van der Waals surface area contributed by atoms with Crippen molar-refractivity contribution in [3.05, 3.63) is 247 Å². The van der Waals surface area contributed by atoms with Crippen LogP contribution in [-0.4, -0.2) is 0 Å². The van der Waals surface area contributed by atoms with Gasteiger partial charge in [0.15, 0.2) is 0 Å². The van der Waals surface area contributed by atoms with Crippen molar-refractivity contribution in [3.8, 4) is 22.3 Å². The molecule has 0 unspecified atom stereocenters. The van der Waals surface area contributed by atoms with Crippen LogP contribution in [-0.2, 0) is 5.41 Å². The molecule has 0 saturated heterocycles. The van der Waals surface area contributed by atoms with Crippen molar-refractivity contribution >= 4 is 90.9 Å². The summed E-state index contributed by atoms with van der Waals surface area (Å²) < 4.78 is 5.21. The first-order valence-electron chi connectivity index (χ1n) is 21.3. The summed E-state index contributed by atoms with van der Waals surface area (Å²) in [4.78, 5) is 2.52. The molecule has 1 aliphatic rings. The first kappa shape index (κ1) is 35.5. The summed E-state index contributed by atoms with van der Waals surface area (Å²) in [6.07, 6.45) is 0. The number of rotatable bonds is 6. The van der Waals surface area contributed by atoms with E-state index in [1.54, 1.807) is 0 Å². The van der Waals surface area contributed by atoms with Gasteiger partial charge in [-0.15, -0.1) is 22.7 Å². The maximum absolute atomic E-state index is 2.52. The molecule has 2 heterocycles. The summed E-state index contributed by atoms with van der Waals surface area (Å²) in [6, 6.07) is 83.4. The Morgan fingerprint density at radius 2 is 0.952 bits per heavy atom.